The van der Waals surface area contributed by atoms with Crippen LogP contribution in [0.3, 0.4) is 0 Å². The van der Waals surface area contributed by atoms with Crippen LogP contribution >= 0.6 is 0 Å². The Labute approximate surface area is 68.3 Å². The Hall–Kier alpha value is -0.240. The Balaban J connectivity index is 2.88. The zero-order chi connectivity index (χ0) is 9.57. The van der Waals surface area contributed by atoms with Crippen LogP contribution < -0.4 is 0 Å². The molecule has 1 aliphatic rings. The first-order valence-corrected chi connectivity index (χ1v) is 3.46. The highest BCUT2D eigenvalue weighted by atomic mass is 16.5. The lowest BCUT2D eigenvalue weighted by molar-refractivity contribution is -0.358. The van der Waals surface area contributed by atoms with Gasteiger partial charge in [-0.2, -0.15) is 0 Å². The molecule has 1 fully saturated rings. The van der Waals surface area contributed by atoms with E-state index < -0.39 is 36.6 Å². The van der Waals surface area contributed by atoms with E-state index in [1.165, 1.54) is 0 Å². The van der Waals surface area contributed by atoms with Crippen LogP contribution in [0.2, 0.25) is 0 Å². The Kier molecular flexibility index (Phi) is 2.15. The molecule has 0 heterocycles. The second-order valence-corrected chi connectivity index (χ2v) is 3.05. The fourth-order valence-electron chi connectivity index (χ4n) is 1.40. The molecule has 0 aliphatic heterocycles. The van der Waals surface area contributed by atoms with Gasteiger partial charge in [-0.05, 0) is 0 Å². The molecule has 1 saturated carbocycles. The summed E-state index contributed by atoms with van der Waals surface area (Å²) in [5.41, 5.74) is -4.47. The first kappa shape index (κ1) is 9.85. The van der Waals surface area contributed by atoms with Crippen molar-refractivity contribution in [1.82, 2.24) is 0 Å². The molecule has 0 bridgehead atoms. The van der Waals surface area contributed by atoms with E-state index in [2.05, 4.69) is 0 Å². The van der Waals surface area contributed by atoms with E-state index in [-0.39, 0.29) is 0 Å². The van der Waals surface area contributed by atoms with Crippen LogP contribution in [0.1, 0.15) is 0 Å². The molecule has 0 amide bonds. The molecule has 6 nitrogen and oxygen atoms in total. The summed E-state index contributed by atoms with van der Waals surface area (Å²) >= 11 is 0. The highest BCUT2D eigenvalue weighted by Crippen LogP contribution is 2.42. The number of aliphatic hydroxyl groups is 6. The number of hydrogen-bond acceptors (Lipinski definition) is 6. The van der Waals surface area contributed by atoms with Gasteiger partial charge in [-0.15, -0.1) is 0 Å². The molecular formula is C6H12O6. The van der Waals surface area contributed by atoms with Gasteiger partial charge in [0.15, 0.2) is 0 Å². The number of rotatable bonds is 2. The van der Waals surface area contributed by atoms with Gasteiger partial charge in [-0.1, -0.05) is 0 Å². The summed E-state index contributed by atoms with van der Waals surface area (Å²) in [7, 11) is 0. The zero-order valence-corrected chi connectivity index (χ0v) is 6.25. The molecule has 4 unspecified atom stereocenters. The fraction of sp³-hybridized carbons (Fsp3) is 1.00. The van der Waals surface area contributed by atoms with Crippen molar-refractivity contribution in [3.63, 3.8) is 0 Å². The van der Waals surface area contributed by atoms with Gasteiger partial charge in [0.2, 0.25) is 0 Å². The SMILES string of the molecule is OCC1(O)C(O)C(O)C1(O)CO. The lowest BCUT2D eigenvalue weighted by atomic mass is 9.61. The van der Waals surface area contributed by atoms with Crippen molar-refractivity contribution < 1.29 is 30.6 Å². The minimum absolute atomic E-state index is 0.928. The monoisotopic (exact) mass is 180 g/mol. The highest BCUT2D eigenvalue weighted by molar-refractivity contribution is 5.21. The van der Waals surface area contributed by atoms with Gasteiger partial charge in [0.1, 0.15) is 23.4 Å². The summed E-state index contributed by atoms with van der Waals surface area (Å²) in [6.45, 7) is -1.86. The summed E-state index contributed by atoms with van der Waals surface area (Å²) in [5, 5.41) is 53.8. The molecule has 1 aliphatic carbocycles. The number of aliphatic hydroxyl groups excluding tert-OH is 4. The summed E-state index contributed by atoms with van der Waals surface area (Å²) in [5.74, 6) is 0. The Morgan fingerprint density at radius 1 is 0.833 bits per heavy atom. The molecule has 0 spiro atoms. The van der Waals surface area contributed by atoms with E-state index in [1.807, 2.05) is 0 Å². The summed E-state index contributed by atoms with van der Waals surface area (Å²) in [6.07, 6.45) is -3.28. The summed E-state index contributed by atoms with van der Waals surface area (Å²) < 4.78 is 0. The van der Waals surface area contributed by atoms with E-state index in [1.54, 1.807) is 0 Å². The minimum Gasteiger partial charge on any atom is -0.393 e. The molecule has 6 N–H and O–H groups in total. The molecule has 1 rings (SSSR count). The smallest absolute Gasteiger partial charge is 0.149 e. The number of hydrogen-bond donors (Lipinski definition) is 6. The van der Waals surface area contributed by atoms with E-state index in [4.69, 9.17) is 20.4 Å². The van der Waals surface area contributed by atoms with Crippen molar-refractivity contribution in [2.45, 2.75) is 23.4 Å². The second kappa shape index (κ2) is 2.63. The van der Waals surface area contributed by atoms with Crippen LogP contribution in [0.4, 0.5) is 0 Å². The van der Waals surface area contributed by atoms with Crippen molar-refractivity contribution in [3.05, 3.63) is 0 Å². The Morgan fingerprint density at radius 2 is 1.08 bits per heavy atom. The van der Waals surface area contributed by atoms with E-state index in [9.17, 15) is 10.2 Å². The third kappa shape index (κ3) is 0.792. The van der Waals surface area contributed by atoms with Crippen LogP contribution in [0.5, 0.6) is 0 Å². The first-order valence-electron chi connectivity index (χ1n) is 3.46. The Morgan fingerprint density at radius 3 is 1.25 bits per heavy atom. The van der Waals surface area contributed by atoms with Crippen molar-refractivity contribution in [2.75, 3.05) is 13.2 Å². The fourth-order valence-corrected chi connectivity index (χ4v) is 1.40. The molecular weight excluding hydrogens is 168 g/mol. The van der Waals surface area contributed by atoms with Gasteiger partial charge in [0, 0.05) is 0 Å². The average molecular weight is 180 g/mol. The molecule has 0 radical (unpaired) electrons. The summed E-state index contributed by atoms with van der Waals surface area (Å²) in [6, 6.07) is 0. The maximum atomic E-state index is 9.31. The molecule has 0 aromatic heterocycles. The van der Waals surface area contributed by atoms with E-state index in [0.717, 1.165) is 0 Å². The largest absolute Gasteiger partial charge is 0.393 e. The normalized spacial score (nSPS) is 53.5. The van der Waals surface area contributed by atoms with Crippen LogP contribution in [-0.2, 0) is 0 Å². The molecule has 6 heteroatoms. The van der Waals surface area contributed by atoms with Crippen molar-refractivity contribution in [1.29, 1.82) is 0 Å². The highest BCUT2D eigenvalue weighted by Gasteiger charge is 2.71. The quantitative estimate of drug-likeness (QED) is 0.259. The van der Waals surface area contributed by atoms with Crippen LogP contribution in [0.15, 0.2) is 0 Å². The van der Waals surface area contributed by atoms with Crippen molar-refractivity contribution in [3.8, 4) is 0 Å². The molecule has 0 aromatic carbocycles. The third-order valence-electron chi connectivity index (χ3n) is 2.51. The molecule has 12 heavy (non-hydrogen) atoms. The molecule has 4 atom stereocenters. The van der Waals surface area contributed by atoms with Gasteiger partial charge >= 0.3 is 0 Å². The van der Waals surface area contributed by atoms with Gasteiger partial charge in [-0.3, -0.25) is 0 Å². The van der Waals surface area contributed by atoms with E-state index in [0.29, 0.717) is 0 Å². The molecule has 0 saturated heterocycles. The van der Waals surface area contributed by atoms with Crippen LogP contribution in [0.25, 0.3) is 0 Å². The maximum absolute atomic E-state index is 9.31. The van der Waals surface area contributed by atoms with Crippen LogP contribution in [-0.4, -0.2) is 67.3 Å². The summed E-state index contributed by atoms with van der Waals surface area (Å²) in [4.78, 5) is 0. The maximum Gasteiger partial charge on any atom is 0.149 e. The predicted octanol–water partition coefficient (Wildman–Crippen LogP) is -3.83. The topological polar surface area (TPSA) is 121 Å². The molecule has 72 valence electrons. The lowest BCUT2D eigenvalue weighted by Gasteiger charge is -2.57. The van der Waals surface area contributed by atoms with Gasteiger partial charge in [0.05, 0.1) is 13.2 Å². The minimum atomic E-state index is -2.23. The van der Waals surface area contributed by atoms with Gasteiger partial charge < -0.3 is 30.6 Å². The van der Waals surface area contributed by atoms with Crippen molar-refractivity contribution in [2.24, 2.45) is 0 Å². The average Bonchev–Trinajstić information content (AvgIpc) is 2.12. The lowest BCUT2D eigenvalue weighted by Crippen LogP contribution is -2.84. The first-order chi connectivity index (χ1) is 5.44. The second-order valence-electron chi connectivity index (χ2n) is 3.05. The predicted molar refractivity (Wildman–Crippen MR) is 36.1 cm³/mol. The van der Waals surface area contributed by atoms with Gasteiger partial charge in [0.25, 0.3) is 0 Å². The van der Waals surface area contributed by atoms with E-state index >= 15 is 0 Å². The van der Waals surface area contributed by atoms with Crippen LogP contribution in [0, 0.1) is 0 Å². The van der Waals surface area contributed by atoms with Crippen molar-refractivity contribution >= 4 is 0 Å². The zero-order valence-electron chi connectivity index (χ0n) is 6.25. The Bertz CT molecular complexity index is 165. The van der Waals surface area contributed by atoms with Gasteiger partial charge in [-0.25, -0.2) is 0 Å². The standard InChI is InChI=1S/C6H12O6/c7-1-5(11)3(9)4(10)6(5,12)2-8/h3-4,7-12H,1-2H2. The molecule has 0 aromatic rings. The third-order valence-corrected chi connectivity index (χ3v) is 2.51.